The number of aliphatic hydroxyl groups is 1. The maximum absolute atomic E-state index is 11.5. The Labute approximate surface area is 160 Å². The largest absolute Gasteiger partial charge is 0.365 e. The molecule has 2 nitrogen and oxygen atoms in total. The molecule has 3 heteroatoms. The fourth-order valence-electron chi connectivity index (χ4n) is 4.05. The van der Waals surface area contributed by atoms with Gasteiger partial charge in [-0.2, -0.15) is 0 Å². The quantitative estimate of drug-likeness (QED) is 0.689. The van der Waals surface area contributed by atoms with E-state index in [4.69, 9.17) is 16.6 Å². The molecule has 2 aromatic carbocycles. The number of halogens is 1. The number of benzene rings is 2. The van der Waals surface area contributed by atoms with Gasteiger partial charge >= 0.3 is 0 Å². The number of aliphatic imine (C=N–C) groups is 1. The van der Waals surface area contributed by atoms with Gasteiger partial charge in [0.25, 0.3) is 0 Å². The molecule has 1 aliphatic heterocycles. The van der Waals surface area contributed by atoms with Crippen molar-refractivity contribution >= 4 is 22.9 Å². The van der Waals surface area contributed by atoms with E-state index in [1.807, 2.05) is 24.3 Å². The van der Waals surface area contributed by atoms with Crippen LogP contribution in [0.4, 0.5) is 0 Å². The summed E-state index contributed by atoms with van der Waals surface area (Å²) in [7, 11) is 0. The van der Waals surface area contributed by atoms with E-state index in [0.717, 1.165) is 30.5 Å². The predicted octanol–water partition coefficient (Wildman–Crippen LogP) is 6.06. The Morgan fingerprint density at radius 2 is 1.58 bits per heavy atom. The molecule has 1 aliphatic carbocycles. The van der Waals surface area contributed by atoms with E-state index in [1.165, 1.54) is 35.1 Å². The monoisotopic (exact) mass is 365 g/mol. The second-order valence-corrected chi connectivity index (χ2v) is 7.88. The van der Waals surface area contributed by atoms with E-state index in [2.05, 4.69) is 31.2 Å². The lowest BCUT2D eigenvalue weighted by Gasteiger charge is -2.33. The minimum absolute atomic E-state index is 0.510. The van der Waals surface area contributed by atoms with Crippen LogP contribution in [-0.2, 0) is 5.72 Å². The Hall–Kier alpha value is -1.90. The van der Waals surface area contributed by atoms with Crippen molar-refractivity contribution in [2.75, 3.05) is 0 Å². The van der Waals surface area contributed by atoms with Crippen molar-refractivity contribution in [3.63, 3.8) is 0 Å². The van der Waals surface area contributed by atoms with Gasteiger partial charge in [-0.15, -0.1) is 0 Å². The van der Waals surface area contributed by atoms with Crippen LogP contribution in [0.25, 0.3) is 5.57 Å². The molecule has 2 aliphatic rings. The molecule has 0 saturated heterocycles. The van der Waals surface area contributed by atoms with Gasteiger partial charge in [-0.3, -0.25) is 4.99 Å². The SMILES string of the molecule is Cc1ccc(C2=C3CCCCCC3=NC(O)(c3ccc(Cl)cc3)C2)cc1. The van der Waals surface area contributed by atoms with Gasteiger partial charge in [0.15, 0.2) is 5.72 Å². The van der Waals surface area contributed by atoms with Crippen molar-refractivity contribution in [1.29, 1.82) is 0 Å². The molecule has 1 saturated carbocycles. The number of aryl methyl sites for hydroxylation is 1. The Balaban J connectivity index is 1.83. The van der Waals surface area contributed by atoms with E-state index in [9.17, 15) is 5.11 Å². The van der Waals surface area contributed by atoms with Crippen molar-refractivity contribution in [3.8, 4) is 0 Å². The Morgan fingerprint density at radius 3 is 2.31 bits per heavy atom. The molecule has 1 fully saturated rings. The lowest BCUT2D eigenvalue weighted by Crippen LogP contribution is -2.30. The number of allylic oxidation sites excluding steroid dienone is 1. The molecule has 0 amide bonds. The van der Waals surface area contributed by atoms with Gasteiger partial charge in [-0.25, -0.2) is 0 Å². The summed E-state index contributed by atoms with van der Waals surface area (Å²) < 4.78 is 0. The Kier molecular flexibility index (Phi) is 4.73. The summed E-state index contributed by atoms with van der Waals surface area (Å²) in [6, 6.07) is 16.1. The van der Waals surface area contributed by atoms with Crippen LogP contribution >= 0.6 is 11.6 Å². The minimum atomic E-state index is -1.21. The van der Waals surface area contributed by atoms with E-state index in [-0.39, 0.29) is 0 Å². The summed E-state index contributed by atoms with van der Waals surface area (Å²) in [4.78, 5) is 4.86. The second kappa shape index (κ2) is 7.02. The average Bonchev–Trinajstić information content (AvgIpc) is 2.87. The topological polar surface area (TPSA) is 32.6 Å². The molecular weight excluding hydrogens is 342 g/mol. The van der Waals surface area contributed by atoms with E-state index >= 15 is 0 Å². The number of fused-ring (bicyclic) bond motifs is 1. The van der Waals surface area contributed by atoms with Crippen molar-refractivity contribution in [3.05, 3.63) is 75.8 Å². The van der Waals surface area contributed by atoms with Crippen LogP contribution in [0.5, 0.6) is 0 Å². The second-order valence-electron chi connectivity index (χ2n) is 7.44. The first-order valence-corrected chi connectivity index (χ1v) is 9.79. The third-order valence-electron chi connectivity index (χ3n) is 5.50. The number of nitrogens with zero attached hydrogens (tertiary/aromatic N) is 1. The van der Waals surface area contributed by atoms with Gasteiger partial charge in [-0.05, 0) is 61.4 Å². The summed E-state index contributed by atoms with van der Waals surface area (Å²) in [6.45, 7) is 2.10. The van der Waals surface area contributed by atoms with E-state index < -0.39 is 5.72 Å². The molecule has 2 aromatic rings. The van der Waals surface area contributed by atoms with Crippen molar-refractivity contribution < 1.29 is 5.11 Å². The number of dihydropyridines is 1. The summed E-state index contributed by atoms with van der Waals surface area (Å²) >= 11 is 6.04. The molecule has 26 heavy (non-hydrogen) atoms. The highest BCUT2D eigenvalue weighted by Gasteiger charge is 2.36. The summed E-state index contributed by atoms with van der Waals surface area (Å²) in [5.74, 6) is 0. The zero-order valence-corrected chi connectivity index (χ0v) is 15.9. The molecular formula is C23H24ClNO. The summed E-state index contributed by atoms with van der Waals surface area (Å²) in [5, 5.41) is 12.2. The van der Waals surface area contributed by atoms with Crippen LogP contribution in [0.3, 0.4) is 0 Å². The normalized spacial score (nSPS) is 23.3. The molecule has 1 unspecified atom stereocenters. The third-order valence-corrected chi connectivity index (χ3v) is 5.75. The van der Waals surface area contributed by atoms with Gasteiger partial charge < -0.3 is 5.11 Å². The first-order valence-electron chi connectivity index (χ1n) is 9.42. The number of hydrogen-bond donors (Lipinski definition) is 1. The highest BCUT2D eigenvalue weighted by atomic mass is 35.5. The maximum Gasteiger partial charge on any atom is 0.186 e. The first-order chi connectivity index (χ1) is 12.5. The first kappa shape index (κ1) is 17.5. The van der Waals surface area contributed by atoms with Gasteiger partial charge in [0.1, 0.15) is 0 Å². The molecule has 0 spiro atoms. The van der Waals surface area contributed by atoms with Gasteiger partial charge in [0.2, 0.25) is 0 Å². The summed E-state index contributed by atoms with van der Waals surface area (Å²) in [5.41, 5.74) is 5.72. The maximum atomic E-state index is 11.5. The van der Waals surface area contributed by atoms with Crippen LogP contribution < -0.4 is 0 Å². The average molecular weight is 366 g/mol. The van der Waals surface area contributed by atoms with Crippen molar-refractivity contribution in [2.24, 2.45) is 4.99 Å². The van der Waals surface area contributed by atoms with Crippen LogP contribution in [0, 0.1) is 6.92 Å². The summed E-state index contributed by atoms with van der Waals surface area (Å²) in [6.07, 6.45) is 6.07. The zero-order chi connectivity index (χ0) is 18.1. The van der Waals surface area contributed by atoms with Gasteiger partial charge in [-0.1, -0.05) is 60.0 Å². The van der Waals surface area contributed by atoms with Crippen LogP contribution in [0.1, 0.15) is 55.2 Å². The molecule has 1 N–H and O–H groups in total. The highest BCUT2D eigenvalue weighted by molar-refractivity contribution is 6.30. The standard InChI is InChI=1S/C23H24ClNO/c1-16-7-9-17(10-8-16)21-15-23(26,18-11-13-19(24)14-12-18)25-22-6-4-2-3-5-20(21)22/h7-14,26H,2-6,15H2,1H3. The van der Waals surface area contributed by atoms with Crippen LogP contribution in [0.15, 0.2) is 59.1 Å². The molecule has 0 bridgehead atoms. The van der Waals surface area contributed by atoms with Crippen molar-refractivity contribution in [1.82, 2.24) is 0 Å². The number of hydrogen-bond acceptors (Lipinski definition) is 2. The molecule has 134 valence electrons. The predicted molar refractivity (Wildman–Crippen MR) is 109 cm³/mol. The zero-order valence-electron chi connectivity index (χ0n) is 15.1. The van der Waals surface area contributed by atoms with Crippen LogP contribution in [-0.4, -0.2) is 10.8 Å². The van der Waals surface area contributed by atoms with Crippen molar-refractivity contribution in [2.45, 2.75) is 51.2 Å². The lowest BCUT2D eigenvalue weighted by atomic mass is 9.82. The molecule has 4 rings (SSSR count). The minimum Gasteiger partial charge on any atom is -0.365 e. The number of rotatable bonds is 2. The molecule has 0 radical (unpaired) electrons. The smallest absolute Gasteiger partial charge is 0.186 e. The van der Waals surface area contributed by atoms with Gasteiger partial charge in [0.05, 0.1) is 0 Å². The third kappa shape index (κ3) is 3.36. The Morgan fingerprint density at radius 1 is 0.885 bits per heavy atom. The van der Waals surface area contributed by atoms with Gasteiger partial charge in [0, 0.05) is 22.7 Å². The molecule has 1 atom stereocenters. The molecule has 1 heterocycles. The van der Waals surface area contributed by atoms with E-state index in [1.54, 1.807) is 0 Å². The fourth-order valence-corrected chi connectivity index (χ4v) is 4.17. The lowest BCUT2D eigenvalue weighted by molar-refractivity contribution is 0.0505. The highest BCUT2D eigenvalue weighted by Crippen LogP contribution is 2.43. The van der Waals surface area contributed by atoms with Crippen LogP contribution in [0.2, 0.25) is 5.02 Å². The fraction of sp³-hybridized carbons (Fsp3) is 0.348. The molecule has 0 aromatic heterocycles. The van der Waals surface area contributed by atoms with E-state index in [0.29, 0.717) is 11.4 Å². The Bertz CT molecular complexity index is 864.